The van der Waals surface area contributed by atoms with Crippen molar-refractivity contribution in [2.45, 2.75) is 43.9 Å². The van der Waals surface area contributed by atoms with Gasteiger partial charge in [0, 0.05) is 31.0 Å². The van der Waals surface area contributed by atoms with Crippen molar-refractivity contribution >= 4 is 51.9 Å². The van der Waals surface area contributed by atoms with E-state index in [0.717, 1.165) is 58.3 Å². The SMILES string of the molecule is COC(=O)CCCCCCN=C1SC(=C2Sc3ccc(OC)cc3N2C)C(=O)N1c1ccc(C)cc1. The monoisotopic (exact) mass is 525 g/mol. The van der Waals surface area contributed by atoms with Crippen LogP contribution in [0.25, 0.3) is 0 Å². The molecule has 9 heteroatoms. The highest BCUT2D eigenvalue weighted by Gasteiger charge is 2.40. The summed E-state index contributed by atoms with van der Waals surface area (Å²) < 4.78 is 10.1. The lowest BCUT2D eigenvalue weighted by Crippen LogP contribution is -2.29. The fourth-order valence-corrected chi connectivity index (χ4v) is 6.32. The van der Waals surface area contributed by atoms with E-state index in [9.17, 15) is 9.59 Å². The molecule has 2 aliphatic rings. The maximum Gasteiger partial charge on any atom is 0.305 e. The van der Waals surface area contributed by atoms with Gasteiger partial charge in [-0.25, -0.2) is 0 Å². The molecule has 0 unspecified atom stereocenters. The second-order valence-electron chi connectivity index (χ2n) is 8.61. The zero-order valence-corrected chi connectivity index (χ0v) is 22.7. The minimum atomic E-state index is -0.166. The lowest BCUT2D eigenvalue weighted by molar-refractivity contribution is -0.140. The van der Waals surface area contributed by atoms with E-state index in [1.807, 2.05) is 56.4 Å². The van der Waals surface area contributed by atoms with Crippen LogP contribution in [0.3, 0.4) is 0 Å². The van der Waals surface area contributed by atoms with E-state index in [4.69, 9.17) is 14.5 Å². The Bertz CT molecular complexity index is 1190. The number of amides is 1. The predicted molar refractivity (Wildman–Crippen MR) is 148 cm³/mol. The average molecular weight is 526 g/mol. The van der Waals surface area contributed by atoms with Crippen LogP contribution in [0.4, 0.5) is 11.4 Å². The normalized spacial score (nSPS) is 18.2. The molecule has 0 aliphatic carbocycles. The summed E-state index contributed by atoms with van der Waals surface area (Å²) in [7, 11) is 5.05. The van der Waals surface area contributed by atoms with Gasteiger partial charge in [0.15, 0.2) is 5.17 Å². The van der Waals surface area contributed by atoms with Gasteiger partial charge in [0.25, 0.3) is 5.91 Å². The summed E-state index contributed by atoms with van der Waals surface area (Å²) in [5.41, 5.74) is 2.97. The maximum atomic E-state index is 13.7. The van der Waals surface area contributed by atoms with Crippen LogP contribution in [0.2, 0.25) is 0 Å². The van der Waals surface area contributed by atoms with E-state index >= 15 is 0 Å². The Morgan fingerprint density at radius 2 is 1.75 bits per heavy atom. The van der Waals surface area contributed by atoms with Gasteiger partial charge in [-0.15, -0.1) is 0 Å². The number of amidine groups is 1. The summed E-state index contributed by atoms with van der Waals surface area (Å²) >= 11 is 3.03. The van der Waals surface area contributed by atoms with E-state index in [1.165, 1.54) is 18.9 Å². The van der Waals surface area contributed by atoms with Crippen molar-refractivity contribution in [2.75, 3.05) is 37.6 Å². The van der Waals surface area contributed by atoms with Crippen LogP contribution in [-0.2, 0) is 14.3 Å². The molecule has 2 aromatic rings. The molecule has 0 bridgehead atoms. The van der Waals surface area contributed by atoms with Gasteiger partial charge < -0.3 is 14.4 Å². The number of aliphatic imine (C=N–C) groups is 1. The Morgan fingerprint density at radius 1 is 1.00 bits per heavy atom. The van der Waals surface area contributed by atoms with Crippen LogP contribution in [0, 0.1) is 6.92 Å². The van der Waals surface area contributed by atoms with Crippen LogP contribution in [0.5, 0.6) is 5.75 Å². The summed E-state index contributed by atoms with van der Waals surface area (Å²) in [6.45, 7) is 2.65. The van der Waals surface area contributed by atoms with Crippen molar-refractivity contribution in [1.29, 1.82) is 0 Å². The molecule has 1 fully saturated rings. The van der Waals surface area contributed by atoms with Crippen LogP contribution in [0.1, 0.15) is 37.7 Å². The molecule has 0 atom stereocenters. The van der Waals surface area contributed by atoms with E-state index in [2.05, 4.69) is 4.90 Å². The van der Waals surface area contributed by atoms with Gasteiger partial charge in [0.2, 0.25) is 0 Å². The number of methoxy groups -OCH3 is 2. The van der Waals surface area contributed by atoms with Gasteiger partial charge in [-0.1, -0.05) is 42.3 Å². The molecule has 0 radical (unpaired) electrons. The molecule has 0 saturated carbocycles. The second kappa shape index (κ2) is 11.9. The highest BCUT2D eigenvalue weighted by Crippen LogP contribution is 2.51. The van der Waals surface area contributed by atoms with E-state index in [-0.39, 0.29) is 11.9 Å². The Morgan fingerprint density at radius 3 is 2.47 bits per heavy atom. The van der Waals surface area contributed by atoms with Gasteiger partial charge in [-0.3, -0.25) is 19.5 Å². The fraction of sp³-hybridized carbons (Fsp3) is 0.370. The van der Waals surface area contributed by atoms with Crippen LogP contribution >= 0.6 is 23.5 Å². The standard InChI is InChI=1S/C27H31N3O4S2/c1-18-10-12-19(13-11-18)30-25(32)24(26-29(2)21-17-20(33-3)14-15-22(21)35-26)36-27(30)28-16-8-6-5-7-9-23(31)34-4/h10-15,17H,5-9,16H2,1-4H3. The van der Waals surface area contributed by atoms with Crippen molar-refractivity contribution in [2.24, 2.45) is 4.99 Å². The summed E-state index contributed by atoms with van der Waals surface area (Å²) in [4.78, 5) is 35.4. The molecule has 1 amide bonds. The zero-order chi connectivity index (χ0) is 25.7. The lowest BCUT2D eigenvalue weighted by Gasteiger charge is -2.17. The highest BCUT2D eigenvalue weighted by molar-refractivity contribution is 8.20. The fourth-order valence-electron chi connectivity index (χ4n) is 3.99. The molecule has 2 aliphatic heterocycles. The number of unbranched alkanes of at least 4 members (excludes halogenated alkanes) is 3. The molecule has 2 heterocycles. The minimum Gasteiger partial charge on any atom is -0.497 e. The average Bonchev–Trinajstić information content (AvgIpc) is 3.39. The topological polar surface area (TPSA) is 71.4 Å². The van der Waals surface area contributed by atoms with Crippen molar-refractivity contribution in [1.82, 2.24) is 0 Å². The maximum absolute atomic E-state index is 13.7. The lowest BCUT2D eigenvalue weighted by atomic mass is 10.1. The van der Waals surface area contributed by atoms with E-state index in [1.54, 1.807) is 23.8 Å². The van der Waals surface area contributed by atoms with Crippen molar-refractivity contribution in [3.63, 3.8) is 0 Å². The molecule has 0 spiro atoms. The third-order valence-corrected chi connectivity index (χ3v) is 8.50. The molecule has 1 saturated heterocycles. The van der Waals surface area contributed by atoms with Gasteiger partial charge in [-0.05, 0) is 55.8 Å². The summed E-state index contributed by atoms with van der Waals surface area (Å²) in [5, 5.41) is 1.60. The predicted octanol–water partition coefficient (Wildman–Crippen LogP) is 5.97. The molecule has 0 aromatic heterocycles. The Balaban J connectivity index is 1.53. The Hall–Kier alpha value is -2.91. The molecule has 190 valence electrons. The number of benzene rings is 2. The van der Waals surface area contributed by atoms with E-state index in [0.29, 0.717) is 23.0 Å². The van der Waals surface area contributed by atoms with Gasteiger partial charge in [-0.2, -0.15) is 0 Å². The van der Waals surface area contributed by atoms with Crippen molar-refractivity contribution in [3.8, 4) is 5.75 Å². The summed E-state index contributed by atoms with van der Waals surface area (Å²) in [6.07, 6.45) is 4.09. The molecule has 0 N–H and O–H groups in total. The number of anilines is 2. The number of carbonyl (C=O) groups is 2. The number of hydrogen-bond donors (Lipinski definition) is 0. The third-order valence-electron chi connectivity index (χ3n) is 6.07. The van der Waals surface area contributed by atoms with Crippen LogP contribution in [-0.4, -0.2) is 44.9 Å². The highest BCUT2D eigenvalue weighted by atomic mass is 32.2. The number of nitrogens with zero attached hydrogens (tertiary/aromatic N) is 3. The first kappa shape index (κ1) is 26.2. The number of thioether (sulfide) groups is 2. The van der Waals surface area contributed by atoms with Gasteiger partial charge in [0.1, 0.15) is 10.7 Å². The summed E-state index contributed by atoms with van der Waals surface area (Å²) in [6, 6.07) is 13.9. The number of rotatable bonds is 9. The first-order valence-corrected chi connectivity index (χ1v) is 13.6. The third kappa shape index (κ3) is 5.73. The van der Waals surface area contributed by atoms with Crippen LogP contribution < -0.4 is 14.5 Å². The number of esters is 1. The minimum absolute atomic E-state index is 0.0604. The molecular formula is C27H31N3O4S2. The molecular weight excluding hydrogens is 494 g/mol. The van der Waals surface area contributed by atoms with Crippen molar-refractivity contribution in [3.05, 3.63) is 58.0 Å². The van der Waals surface area contributed by atoms with Gasteiger partial charge in [0.05, 0.1) is 30.6 Å². The second-order valence-corrected chi connectivity index (χ2v) is 10.6. The Labute approximate surface area is 220 Å². The number of hydrogen-bond acceptors (Lipinski definition) is 8. The van der Waals surface area contributed by atoms with E-state index < -0.39 is 0 Å². The molecule has 36 heavy (non-hydrogen) atoms. The number of carbonyl (C=O) groups excluding carboxylic acids is 2. The Kier molecular flexibility index (Phi) is 8.64. The quantitative estimate of drug-likeness (QED) is 0.227. The smallest absolute Gasteiger partial charge is 0.305 e. The first-order chi connectivity index (χ1) is 17.4. The van der Waals surface area contributed by atoms with Crippen molar-refractivity contribution < 1.29 is 19.1 Å². The van der Waals surface area contributed by atoms with Gasteiger partial charge >= 0.3 is 5.97 Å². The largest absolute Gasteiger partial charge is 0.497 e. The number of aryl methyl sites for hydroxylation is 1. The first-order valence-electron chi connectivity index (χ1n) is 12.0. The number of ether oxygens (including phenoxy) is 2. The number of fused-ring (bicyclic) bond motifs is 1. The molecule has 2 aromatic carbocycles. The summed E-state index contributed by atoms with van der Waals surface area (Å²) in [5.74, 6) is 0.559. The zero-order valence-electron chi connectivity index (χ0n) is 21.1. The molecule has 4 rings (SSSR count). The van der Waals surface area contributed by atoms with Crippen LogP contribution in [0.15, 0.2) is 62.3 Å². The molecule has 7 nitrogen and oxygen atoms in total.